The van der Waals surface area contributed by atoms with Crippen molar-refractivity contribution in [3.63, 3.8) is 0 Å². The highest BCUT2D eigenvalue weighted by atomic mass is 16.2. The van der Waals surface area contributed by atoms with Crippen molar-refractivity contribution in [3.8, 4) is 22.5 Å². The zero-order valence-corrected chi connectivity index (χ0v) is 18.2. The summed E-state index contributed by atoms with van der Waals surface area (Å²) in [5.74, 6) is -0.150. The van der Waals surface area contributed by atoms with Gasteiger partial charge in [0.15, 0.2) is 5.78 Å². The van der Waals surface area contributed by atoms with Crippen molar-refractivity contribution in [3.05, 3.63) is 59.0 Å². The highest BCUT2D eigenvalue weighted by Crippen LogP contribution is 2.30. The van der Waals surface area contributed by atoms with Crippen LogP contribution in [0.25, 0.3) is 22.5 Å². The topological polar surface area (TPSA) is 71.3 Å². The molecular formula is C23H27N5O2. The van der Waals surface area contributed by atoms with Crippen LogP contribution in [0.4, 0.5) is 11.4 Å². The molecule has 2 aromatic carbocycles. The first kappa shape index (κ1) is 21.2. The lowest BCUT2D eigenvalue weighted by Crippen LogP contribution is -2.32. The van der Waals surface area contributed by atoms with Gasteiger partial charge in [0.1, 0.15) is 17.4 Å². The summed E-state index contributed by atoms with van der Waals surface area (Å²) in [4.78, 5) is 32.9. The Balaban J connectivity index is 2.21. The normalized spacial score (nSPS) is 11.8. The van der Waals surface area contributed by atoms with Gasteiger partial charge in [-0.15, -0.1) is 0 Å². The lowest BCUT2D eigenvalue weighted by atomic mass is 10.0. The third kappa shape index (κ3) is 4.25. The van der Waals surface area contributed by atoms with E-state index in [1.165, 1.54) is 6.92 Å². The van der Waals surface area contributed by atoms with Gasteiger partial charge < -0.3 is 9.80 Å². The van der Waals surface area contributed by atoms with E-state index in [-0.39, 0.29) is 5.78 Å². The fourth-order valence-electron chi connectivity index (χ4n) is 3.05. The number of hydrogen-bond donors (Lipinski definition) is 0. The van der Waals surface area contributed by atoms with Crippen LogP contribution in [0.1, 0.15) is 19.9 Å². The molecule has 3 rings (SSSR count). The van der Waals surface area contributed by atoms with Crippen LogP contribution in [-0.2, 0) is 4.79 Å². The number of rotatable bonds is 6. The predicted molar refractivity (Wildman–Crippen MR) is 121 cm³/mol. The number of hydrogen-bond acceptors (Lipinski definition) is 6. The van der Waals surface area contributed by atoms with Gasteiger partial charge in [0.05, 0.1) is 0 Å². The zero-order chi connectivity index (χ0) is 22.0. The quantitative estimate of drug-likeness (QED) is 0.627. The van der Waals surface area contributed by atoms with E-state index in [0.29, 0.717) is 11.4 Å². The van der Waals surface area contributed by atoms with Crippen LogP contribution in [-0.4, -0.2) is 48.7 Å². The summed E-state index contributed by atoms with van der Waals surface area (Å²) in [5.41, 5.74) is 4.22. The molecule has 1 heterocycles. The summed E-state index contributed by atoms with van der Waals surface area (Å²) in [6.45, 7) is 3.10. The van der Waals surface area contributed by atoms with E-state index in [1.807, 2.05) is 86.5 Å². The van der Waals surface area contributed by atoms with Gasteiger partial charge in [-0.2, -0.15) is 10.1 Å². The molecule has 0 N–H and O–H groups in total. The van der Waals surface area contributed by atoms with Crippen molar-refractivity contribution in [2.24, 2.45) is 0 Å². The molecule has 0 saturated heterocycles. The van der Waals surface area contributed by atoms with Gasteiger partial charge in [-0.1, -0.05) is 24.3 Å². The number of benzene rings is 2. The summed E-state index contributed by atoms with van der Waals surface area (Å²) in [6, 6.07) is 15.0. The molecule has 1 atom stereocenters. The summed E-state index contributed by atoms with van der Waals surface area (Å²) >= 11 is 0. The molecule has 7 heteroatoms. The Kier molecular flexibility index (Phi) is 6.01. The van der Waals surface area contributed by atoms with Crippen LogP contribution in [0, 0.1) is 0 Å². The Hall–Kier alpha value is -3.48. The van der Waals surface area contributed by atoms with Gasteiger partial charge in [0, 0.05) is 50.7 Å². The highest BCUT2D eigenvalue weighted by molar-refractivity contribution is 5.81. The summed E-state index contributed by atoms with van der Waals surface area (Å²) in [6.07, 6.45) is 0. The van der Waals surface area contributed by atoms with Gasteiger partial charge in [-0.05, 0) is 38.1 Å². The number of ketones is 1. The van der Waals surface area contributed by atoms with Crippen LogP contribution in [0.15, 0.2) is 53.3 Å². The van der Waals surface area contributed by atoms with Crippen molar-refractivity contribution < 1.29 is 4.79 Å². The van der Waals surface area contributed by atoms with Gasteiger partial charge >= 0.3 is 5.69 Å². The van der Waals surface area contributed by atoms with Crippen LogP contribution < -0.4 is 15.5 Å². The zero-order valence-electron chi connectivity index (χ0n) is 18.2. The molecule has 7 nitrogen and oxygen atoms in total. The molecule has 0 aliphatic carbocycles. The molecule has 0 saturated carbocycles. The third-order valence-corrected chi connectivity index (χ3v) is 5.10. The molecule has 3 aromatic rings. The largest absolute Gasteiger partial charge is 0.378 e. The number of nitrogens with zero attached hydrogens (tertiary/aromatic N) is 5. The highest BCUT2D eigenvalue weighted by Gasteiger charge is 2.20. The molecule has 0 spiro atoms. The van der Waals surface area contributed by atoms with E-state index in [1.54, 1.807) is 6.92 Å². The molecule has 0 radical (unpaired) electrons. The van der Waals surface area contributed by atoms with Gasteiger partial charge in [-0.3, -0.25) is 4.79 Å². The van der Waals surface area contributed by atoms with Gasteiger partial charge in [0.2, 0.25) is 0 Å². The minimum absolute atomic E-state index is 0.150. The molecule has 30 heavy (non-hydrogen) atoms. The lowest BCUT2D eigenvalue weighted by molar-refractivity contribution is -0.120. The monoisotopic (exact) mass is 405 g/mol. The number of carbonyl (C=O) groups is 1. The number of aromatic nitrogens is 3. The van der Waals surface area contributed by atoms with E-state index in [4.69, 9.17) is 0 Å². The molecule has 0 amide bonds. The average molecular weight is 406 g/mol. The van der Waals surface area contributed by atoms with Crippen LogP contribution in [0.5, 0.6) is 0 Å². The summed E-state index contributed by atoms with van der Waals surface area (Å²) < 4.78 is 1.16. The molecule has 0 fully saturated rings. The maximum Gasteiger partial charge on any atom is 0.365 e. The minimum atomic E-state index is -0.685. The average Bonchev–Trinajstić information content (AvgIpc) is 2.73. The Labute approximate surface area is 176 Å². The minimum Gasteiger partial charge on any atom is -0.378 e. The number of carbonyl (C=O) groups excluding carboxylic acids is 1. The van der Waals surface area contributed by atoms with E-state index < -0.39 is 11.7 Å². The first-order chi connectivity index (χ1) is 14.2. The maximum absolute atomic E-state index is 12.7. The predicted octanol–water partition coefficient (Wildman–Crippen LogP) is 3.25. The van der Waals surface area contributed by atoms with E-state index in [0.717, 1.165) is 27.2 Å². The molecule has 0 aliphatic rings. The first-order valence-electron chi connectivity index (χ1n) is 9.76. The third-order valence-electron chi connectivity index (χ3n) is 5.10. The first-order valence-corrected chi connectivity index (χ1v) is 9.76. The van der Waals surface area contributed by atoms with Crippen molar-refractivity contribution in [2.45, 2.75) is 19.9 Å². The summed E-state index contributed by atoms with van der Waals surface area (Å²) in [7, 11) is 7.89. The maximum atomic E-state index is 12.7. The summed E-state index contributed by atoms with van der Waals surface area (Å²) in [5, 5.41) is 4.57. The number of anilines is 2. The Morgan fingerprint density at radius 3 is 1.67 bits per heavy atom. The molecule has 0 bridgehead atoms. The van der Waals surface area contributed by atoms with Crippen LogP contribution in [0.3, 0.4) is 0 Å². The molecular weight excluding hydrogens is 378 g/mol. The second-order valence-corrected chi connectivity index (χ2v) is 7.71. The lowest BCUT2D eigenvalue weighted by Gasteiger charge is -2.17. The smallest absolute Gasteiger partial charge is 0.365 e. The fraction of sp³-hybridized carbons (Fsp3) is 0.304. The van der Waals surface area contributed by atoms with E-state index in [2.05, 4.69) is 10.1 Å². The van der Waals surface area contributed by atoms with Gasteiger partial charge in [0.25, 0.3) is 0 Å². The second-order valence-electron chi connectivity index (χ2n) is 7.71. The molecule has 0 aliphatic heterocycles. The SMILES string of the molecule is CC(=O)C(C)n1nc(-c2ccc(N(C)C)cc2)c(-c2ccc(N(C)C)cc2)nc1=O. The Bertz CT molecular complexity index is 1100. The Morgan fingerprint density at radius 1 is 0.833 bits per heavy atom. The second kappa shape index (κ2) is 8.49. The standard InChI is InChI=1S/C23H27N5O2/c1-15(16(2)29)28-23(30)24-21(17-7-11-19(12-8-17)26(3)4)22(25-28)18-9-13-20(14-10-18)27(5)6/h7-15H,1-6H3. The molecule has 1 unspecified atom stereocenters. The van der Waals surface area contributed by atoms with Crippen molar-refractivity contribution in [2.75, 3.05) is 38.0 Å². The van der Waals surface area contributed by atoms with E-state index >= 15 is 0 Å². The van der Waals surface area contributed by atoms with Crippen molar-refractivity contribution in [1.29, 1.82) is 0 Å². The van der Waals surface area contributed by atoms with Crippen molar-refractivity contribution in [1.82, 2.24) is 14.8 Å². The van der Waals surface area contributed by atoms with Gasteiger partial charge in [-0.25, -0.2) is 9.48 Å². The molecule has 156 valence electrons. The molecule has 1 aromatic heterocycles. The number of Topliss-reactive ketones (excluding diaryl/α,β-unsaturated/α-hetero) is 1. The van der Waals surface area contributed by atoms with E-state index in [9.17, 15) is 9.59 Å². The fourth-order valence-corrected chi connectivity index (χ4v) is 3.05. The van der Waals surface area contributed by atoms with Crippen LogP contribution >= 0.6 is 0 Å². The van der Waals surface area contributed by atoms with Crippen molar-refractivity contribution >= 4 is 17.2 Å². The van der Waals surface area contributed by atoms with Crippen LogP contribution in [0.2, 0.25) is 0 Å². The Morgan fingerprint density at radius 2 is 1.27 bits per heavy atom.